The van der Waals surface area contributed by atoms with Crippen LogP contribution in [-0.2, 0) is 6.42 Å². The smallest absolute Gasteiger partial charge is 0.253 e. The second-order valence-corrected chi connectivity index (χ2v) is 7.17. The van der Waals surface area contributed by atoms with E-state index in [4.69, 9.17) is 0 Å². The molecule has 1 rings (SSSR count). The van der Waals surface area contributed by atoms with Crippen molar-refractivity contribution in [1.29, 1.82) is 0 Å². The van der Waals surface area contributed by atoms with E-state index in [1.54, 1.807) is 0 Å². The van der Waals surface area contributed by atoms with E-state index in [0.717, 1.165) is 37.9 Å². The van der Waals surface area contributed by atoms with Gasteiger partial charge in [-0.2, -0.15) is 0 Å². The first kappa shape index (κ1) is 21.7. The zero-order valence-electron chi connectivity index (χ0n) is 16.9. The van der Waals surface area contributed by atoms with Gasteiger partial charge in [-0.1, -0.05) is 84.3 Å². The summed E-state index contributed by atoms with van der Waals surface area (Å²) < 4.78 is 0. The Balaban J connectivity index is 2.55. The molecule has 0 fully saturated rings. The molecule has 1 aromatic carbocycles. The molecule has 0 saturated carbocycles. The molecule has 0 aliphatic carbocycles. The molecule has 0 unspecified atom stereocenters. The summed E-state index contributed by atoms with van der Waals surface area (Å²) in [6, 6.07) is 8.19. The molecule has 0 aromatic heterocycles. The number of hydrogen-bond acceptors (Lipinski definition) is 1. The third-order valence-electron chi connectivity index (χ3n) is 4.96. The lowest BCUT2D eigenvalue weighted by molar-refractivity contribution is 0.0749. The maximum absolute atomic E-state index is 12.9. The molecule has 0 aliphatic rings. The average molecular weight is 346 g/mol. The topological polar surface area (TPSA) is 20.3 Å². The van der Waals surface area contributed by atoms with Crippen molar-refractivity contribution in [3.05, 3.63) is 35.4 Å². The Bertz CT molecular complexity index is 438. The molecule has 0 aliphatic heterocycles. The number of nitrogens with zero attached hydrogens (tertiary/aromatic N) is 1. The summed E-state index contributed by atoms with van der Waals surface area (Å²) in [7, 11) is 0. The van der Waals surface area contributed by atoms with Gasteiger partial charge in [0.05, 0.1) is 0 Å². The molecule has 1 aromatic rings. The Morgan fingerprint density at radius 3 is 1.64 bits per heavy atom. The van der Waals surface area contributed by atoms with Crippen molar-refractivity contribution in [1.82, 2.24) is 4.90 Å². The fourth-order valence-electron chi connectivity index (χ4n) is 3.19. The van der Waals surface area contributed by atoms with Gasteiger partial charge in [-0.15, -0.1) is 0 Å². The summed E-state index contributed by atoms with van der Waals surface area (Å²) in [4.78, 5) is 15.0. The summed E-state index contributed by atoms with van der Waals surface area (Å²) in [6.45, 7) is 8.45. The predicted octanol–water partition coefficient (Wildman–Crippen LogP) is 6.63. The molecule has 0 bridgehead atoms. The highest BCUT2D eigenvalue weighted by Crippen LogP contribution is 2.12. The number of benzene rings is 1. The van der Waals surface area contributed by atoms with Crippen molar-refractivity contribution < 1.29 is 4.79 Å². The van der Waals surface area contributed by atoms with Gasteiger partial charge in [0, 0.05) is 18.7 Å². The predicted molar refractivity (Wildman–Crippen MR) is 109 cm³/mol. The van der Waals surface area contributed by atoms with Gasteiger partial charge in [-0.3, -0.25) is 4.79 Å². The van der Waals surface area contributed by atoms with E-state index in [0.29, 0.717) is 0 Å². The standard InChI is InChI=1S/C23H39NO/c1-4-7-9-11-13-19-24(20-14-12-10-8-5-2)23(25)22-17-15-21(6-3)16-18-22/h15-18H,4-14,19-20H2,1-3H3. The highest BCUT2D eigenvalue weighted by atomic mass is 16.2. The fourth-order valence-corrected chi connectivity index (χ4v) is 3.19. The monoisotopic (exact) mass is 345 g/mol. The molecule has 2 nitrogen and oxygen atoms in total. The molecule has 2 heteroatoms. The van der Waals surface area contributed by atoms with Crippen LogP contribution in [0.2, 0.25) is 0 Å². The molecule has 25 heavy (non-hydrogen) atoms. The molecule has 0 heterocycles. The normalized spacial score (nSPS) is 10.8. The van der Waals surface area contributed by atoms with Gasteiger partial charge in [0.25, 0.3) is 5.91 Å². The number of hydrogen-bond donors (Lipinski definition) is 0. The minimum atomic E-state index is 0.216. The summed E-state index contributed by atoms with van der Waals surface area (Å²) in [6.07, 6.45) is 13.5. The maximum Gasteiger partial charge on any atom is 0.253 e. The lowest BCUT2D eigenvalue weighted by atomic mass is 10.1. The average Bonchev–Trinajstić information content (AvgIpc) is 2.65. The lowest BCUT2D eigenvalue weighted by Gasteiger charge is -2.23. The highest BCUT2D eigenvalue weighted by molar-refractivity contribution is 5.94. The minimum absolute atomic E-state index is 0.216. The largest absolute Gasteiger partial charge is 0.339 e. The van der Waals surface area contributed by atoms with Crippen LogP contribution in [0.5, 0.6) is 0 Å². The van der Waals surface area contributed by atoms with Gasteiger partial charge in [-0.05, 0) is 37.0 Å². The van der Waals surface area contributed by atoms with Crippen molar-refractivity contribution in [2.24, 2.45) is 0 Å². The van der Waals surface area contributed by atoms with Crippen LogP contribution in [0.25, 0.3) is 0 Å². The van der Waals surface area contributed by atoms with Gasteiger partial charge in [0.1, 0.15) is 0 Å². The zero-order chi connectivity index (χ0) is 18.3. The number of rotatable bonds is 14. The van der Waals surface area contributed by atoms with Gasteiger partial charge < -0.3 is 4.90 Å². The first-order valence-electron chi connectivity index (χ1n) is 10.6. The van der Waals surface area contributed by atoms with Crippen LogP contribution >= 0.6 is 0 Å². The van der Waals surface area contributed by atoms with E-state index < -0.39 is 0 Å². The van der Waals surface area contributed by atoms with Crippen LogP contribution in [0.3, 0.4) is 0 Å². The van der Waals surface area contributed by atoms with E-state index >= 15 is 0 Å². The van der Waals surface area contributed by atoms with Crippen LogP contribution in [-0.4, -0.2) is 23.9 Å². The van der Waals surface area contributed by atoms with E-state index in [-0.39, 0.29) is 5.91 Å². The molecular formula is C23H39NO. The molecule has 0 spiro atoms. The van der Waals surface area contributed by atoms with Gasteiger partial charge >= 0.3 is 0 Å². The van der Waals surface area contributed by atoms with Crippen molar-refractivity contribution in [2.45, 2.75) is 91.4 Å². The molecule has 142 valence electrons. The first-order chi connectivity index (χ1) is 12.2. The van der Waals surface area contributed by atoms with Crippen molar-refractivity contribution in [2.75, 3.05) is 13.1 Å². The van der Waals surface area contributed by atoms with Crippen LogP contribution in [0.4, 0.5) is 0 Å². The van der Waals surface area contributed by atoms with E-state index in [1.807, 2.05) is 12.1 Å². The highest BCUT2D eigenvalue weighted by Gasteiger charge is 2.15. The van der Waals surface area contributed by atoms with Crippen LogP contribution in [0.15, 0.2) is 24.3 Å². The fraction of sp³-hybridized carbons (Fsp3) is 0.696. The Morgan fingerprint density at radius 1 is 0.720 bits per heavy atom. The van der Waals surface area contributed by atoms with Crippen LogP contribution in [0, 0.1) is 0 Å². The Labute approximate surface area is 156 Å². The summed E-state index contributed by atoms with van der Waals surface area (Å²) >= 11 is 0. The Hall–Kier alpha value is -1.31. The molecule has 0 N–H and O–H groups in total. The molecule has 0 radical (unpaired) electrons. The second kappa shape index (κ2) is 13.9. The van der Waals surface area contributed by atoms with E-state index in [2.05, 4.69) is 37.8 Å². The van der Waals surface area contributed by atoms with Crippen LogP contribution < -0.4 is 0 Å². The van der Waals surface area contributed by atoms with E-state index in [1.165, 1.54) is 56.9 Å². The van der Waals surface area contributed by atoms with Crippen molar-refractivity contribution in [3.8, 4) is 0 Å². The number of carbonyl (C=O) groups excluding carboxylic acids is 1. The quantitative estimate of drug-likeness (QED) is 0.346. The summed E-state index contributed by atoms with van der Waals surface area (Å²) in [5.74, 6) is 0.216. The van der Waals surface area contributed by atoms with Gasteiger partial charge in [0.2, 0.25) is 0 Å². The van der Waals surface area contributed by atoms with Crippen LogP contribution in [0.1, 0.15) is 101 Å². The molecule has 0 saturated heterocycles. The number of carbonyl (C=O) groups is 1. The van der Waals surface area contributed by atoms with E-state index in [9.17, 15) is 4.79 Å². The molecular weight excluding hydrogens is 306 g/mol. The van der Waals surface area contributed by atoms with Gasteiger partial charge in [-0.25, -0.2) is 0 Å². The minimum Gasteiger partial charge on any atom is -0.339 e. The maximum atomic E-state index is 12.9. The summed E-state index contributed by atoms with van der Waals surface area (Å²) in [5, 5.41) is 0. The van der Waals surface area contributed by atoms with Crippen molar-refractivity contribution in [3.63, 3.8) is 0 Å². The van der Waals surface area contributed by atoms with Crippen molar-refractivity contribution >= 4 is 5.91 Å². The number of amides is 1. The third kappa shape index (κ3) is 9.09. The molecule has 1 amide bonds. The SMILES string of the molecule is CCCCCCCN(CCCCCCC)C(=O)c1ccc(CC)cc1. The first-order valence-corrected chi connectivity index (χ1v) is 10.6. The lowest BCUT2D eigenvalue weighted by Crippen LogP contribution is -2.33. The number of aryl methyl sites for hydroxylation is 1. The number of unbranched alkanes of at least 4 members (excludes halogenated alkanes) is 8. The Morgan fingerprint density at radius 2 is 1.20 bits per heavy atom. The third-order valence-corrected chi connectivity index (χ3v) is 4.96. The second-order valence-electron chi connectivity index (χ2n) is 7.17. The zero-order valence-corrected chi connectivity index (χ0v) is 16.9. The van der Waals surface area contributed by atoms with Gasteiger partial charge in [0.15, 0.2) is 0 Å². The Kier molecular flexibility index (Phi) is 12.1. The summed E-state index contributed by atoms with van der Waals surface area (Å²) in [5.41, 5.74) is 2.14. The molecule has 0 atom stereocenters.